The first-order chi connectivity index (χ1) is 8.93. The third kappa shape index (κ3) is 5.17. The van der Waals surface area contributed by atoms with Crippen molar-refractivity contribution in [3.8, 4) is 0 Å². The molecule has 1 unspecified atom stereocenters. The Morgan fingerprint density at radius 2 is 2.26 bits per heavy atom. The Balaban J connectivity index is 2.54. The van der Waals surface area contributed by atoms with Gasteiger partial charge in [0, 0.05) is 26.6 Å². The van der Waals surface area contributed by atoms with Gasteiger partial charge in [0.2, 0.25) is 0 Å². The topological polar surface area (TPSA) is 89.9 Å². The van der Waals surface area contributed by atoms with Crippen LogP contribution in [0.25, 0.3) is 0 Å². The summed E-state index contributed by atoms with van der Waals surface area (Å²) in [6.45, 7) is 0.0951. The smallest absolute Gasteiger partial charge is 0.326 e. The van der Waals surface area contributed by atoms with Gasteiger partial charge in [-0.25, -0.2) is 9.59 Å². The van der Waals surface area contributed by atoms with Gasteiger partial charge in [-0.1, -0.05) is 0 Å². The molecule has 1 aromatic heterocycles. The Hall–Kier alpha value is -1.12. The van der Waals surface area contributed by atoms with Crippen LogP contribution >= 0.6 is 27.3 Å². The van der Waals surface area contributed by atoms with E-state index in [1.165, 1.54) is 16.2 Å². The number of hydrogen-bond donors (Lipinski definition) is 3. The molecule has 2 amide bonds. The first kappa shape index (κ1) is 15.9. The number of nitrogens with zero attached hydrogens (tertiary/aromatic N) is 1. The van der Waals surface area contributed by atoms with Gasteiger partial charge in [-0.3, -0.25) is 0 Å². The Morgan fingerprint density at radius 1 is 1.58 bits per heavy atom. The van der Waals surface area contributed by atoms with Crippen LogP contribution in [0.1, 0.15) is 12.0 Å². The Bertz CT molecular complexity index is 452. The van der Waals surface area contributed by atoms with Gasteiger partial charge in [-0.05, 0) is 32.9 Å². The van der Waals surface area contributed by atoms with E-state index in [0.29, 0.717) is 6.54 Å². The fourth-order valence-electron chi connectivity index (χ4n) is 1.42. The third-order valence-corrected chi connectivity index (χ3v) is 3.96. The van der Waals surface area contributed by atoms with Crippen molar-refractivity contribution in [1.29, 1.82) is 0 Å². The molecule has 0 aliphatic rings. The molecule has 0 bridgehead atoms. The van der Waals surface area contributed by atoms with Crippen LogP contribution in [0, 0.1) is 0 Å². The summed E-state index contributed by atoms with van der Waals surface area (Å²) < 4.78 is 0.972. The number of rotatable bonds is 6. The molecule has 3 N–H and O–H groups in total. The molecule has 1 heterocycles. The van der Waals surface area contributed by atoms with Gasteiger partial charge in [0.05, 0.1) is 3.79 Å². The Morgan fingerprint density at radius 3 is 2.74 bits per heavy atom. The zero-order valence-electron chi connectivity index (χ0n) is 10.3. The molecule has 0 saturated heterocycles. The van der Waals surface area contributed by atoms with E-state index in [1.807, 2.05) is 11.4 Å². The van der Waals surface area contributed by atoms with Crippen LogP contribution in [-0.4, -0.2) is 46.8 Å². The van der Waals surface area contributed by atoms with Gasteiger partial charge >= 0.3 is 12.0 Å². The number of urea groups is 1. The predicted molar refractivity (Wildman–Crippen MR) is 75.1 cm³/mol. The summed E-state index contributed by atoms with van der Waals surface area (Å²) in [6, 6.07) is 0.342. The molecule has 0 fully saturated rings. The summed E-state index contributed by atoms with van der Waals surface area (Å²) >= 11 is 4.85. The highest BCUT2D eigenvalue weighted by Gasteiger charge is 2.21. The minimum atomic E-state index is -1.16. The quantitative estimate of drug-likeness (QED) is 0.724. The van der Waals surface area contributed by atoms with Crippen molar-refractivity contribution in [3.63, 3.8) is 0 Å². The number of carboxylic acids is 1. The van der Waals surface area contributed by atoms with Crippen molar-refractivity contribution in [3.05, 3.63) is 20.8 Å². The number of carbonyl (C=O) groups is 2. The number of thiophene rings is 1. The molecule has 6 nitrogen and oxygen atoms in total. The number of hydrogen-bond acceptors (Lipinski definition) is 4. The summed E-state index contributed by atoms with van der Waals surface area (Å²) in [7, 11) is 1.58. The molecule has 1 aromatic rings. The lowest BCUT2D eigenvalue weighted by Crippen LogP contribution is -2.46. The van der Waals surface area contributed by atoms with Gasteiger partial charge in [0.1, 0.15) is 6.04 Å². The van der Waals surface area contributed by atoms with Crippen LogP contribution in [-0.2, 0) is 11.3 Å². The summed E-state index contributed by atoms with van der Waals surface area (Å²) in [4.78, 5) is 24.1. The molecule has 0 radical (unpaired) electrons. The highest BCUT2D eigenvalue weighted by atomic mass is 79.9. The van der Waals surface area contributed by atoms with Crippen LogP contribution in [0.15, 0.2) is 15.2 Å². The van der Waals surface area contributed by atoms with E-state index < -0.39 is 18.0 Å². The number of amides is 2. The highest BCUT2D eigenvalue weighted by Crippen LogP contribution is 2.21. The second kappa shape index (κ2) is 7.46. The van der Waals surface area contributed by atoms with Crippen molar-refractivity contribution in [2.45, 2.75) is 19.0 Å². The number of aliphatic hydroxyl groups excluding tert-OH is 1. The van der Waals surface area contributed by atoms with Crippen LogP contribution in [0.3, 0.4) is 0 Å². The second-order valence-corrected chi connectivity index (χ2v) is 6.26. The molecule has 0 spiro atoms. The molecule has 1 atom stereocenters. The number of aliphatic carboxylic acids is 1. The molecular formula is C11H15BrN2O4S. The lowest BCUT2D eigenvalue weighted by atomic mass is 10.2. The maximum Gasteiger partial charge on any atom is 0.326 e. The van der Waals surface area contributed by atoms with Crippen molar-refractivity contribution in [2.75, 3.05) is 13.7 Å². The van der Waals surface area contributed by atoms with Gasteiger partial charge in [0.15, 0.2) is 0 Å². The third-order valence-electron chi connectivity index (χ3n) is 2.40. The summed E-state index contributed by atoms with van der Waals surface area (Å²) in [5.41, 5.74) is 0.962. The fraction of sp³-hybridized carbons (Fsp3) is 0.455. The lowest BCUT2D eigenvalue weighted by Gasteiger charge is -2.20. The molecule has 0 aliphatic carbocycles. The van der Waals surface area contributed by atoms with Crippen LogP contribution in [0.4, 0.5) is 4.79 Å². The molecule has 0 saturated carbocycles. The number of nitrogens with one attached hydrogen (secondary N) is 1. The number of carbonyl (C=O) groups excluding carboxylic acids is 1. The molecule has 19 heavy (non-hydrogen) atoms. The minimum Gasteiger partial charge on any atom is -0.480 e. The van der Waals surface area contributed by atoms with E-state index in [9.17, 15) is 9.59 Å². The molecule has 1 rings (SSSR count). The van der Waals surface area contributed by atoms with E-state index in [1.54, 1.807) is 7.05 Å². The monoisotopic (exact) mass is 350 g/mol. The van der Waals surface area contributed by atoms with Crippen molar-refractivity contribution in [2.24, 2.45) is 0 Å². The summed E-state index contributed by atoms with van der Waals surface area (Å²) in [5, 5.41) is 21.9. The number of halogens is 1. The van der Waals surface area contributed by atoms with E-state index >= 15 is 0 Å². The van der Waals surface area contributed by atoms with E-state index in [4.69, 9.17) is 10.2 Å². The van der Waals surface area contributed by atoms with Crippen molar-refractivity contribution >= 4 is 39.3 Å². The molecule has 0 aromatic carbocycles. The number of carboxylic acid groups (broad SMARTS) is 1. The second-order valence-electron chi connectivity index (χ2n) is 3.97. The maximum absolute atomic E-state index is 11.8. The Kier molecular flexibility index (Phi) is 6.26. The van der Waals surface area contributed by atoms with E-state index in [-0.39, 0.29) is 13.0 Å². The first-order valence-corrected chi connectivity index (χ1v) is 7.19. The highest BCUT2D eigenvalue weighted by molar-refractivity contribution is 9.11. The average molecular weight is 351 g/mol. The largest absolute Gasteiger partial charge is 0.480 e. The molecular weight excluding hydrogens is 336 g/mol. The summed E-state index contributed by atoms with van der Waals surface area (Å²) in [6.07, 6.45) is -0.0150. The molecule has 106 valence electrons. The average Bonchev–Trinajstić information content (AvgIpc) is 2.73. The van der Waals surface area contributed by atoms with Crippen molar-refractivity contribution in [1.82, 2.24) is 10.2 Å². The first-order valence-electron chi connectivity index (χ1n) is 5.52. The van der Waals surface area contributed by atoms with Crippen LogP contribution in [0.5, 0.6) is 0 Å². The van der Waals surface area contributed by atoms with E-state index in [0.717, 1.165) is 9.35 Å². The van der Waals surface area contributed by atoms with Gasteiger partial charge in [-0.15, -0.1) is 11.3 Å². The SMILES string of the molecule is CN(Cc1csc(Br)c1)C(=O)NC(CCO)C(=O)O. The van der Waals surface area contributed by atoms with Crippen LogP contribution < -0.4 is 5.32 Å². The van der Waals surface area contributed by atoms with Crippen molar-refractivity contribution < 1.29 is 19.8 Å². The maximum atomic E-state index is 11.8. The Labute approximate surface area is 123 Å². The minimum absolute atomic E-state index is 0.0150. The lowest BCUT2D eigenvalue weighted by molar-refractivity contribution is -0.139. The van der Waals surface area contributed by atoms with Gasteiger partial charge < -0.3 is 20.4 Å². The molecule has 0 aliphatic heterocycles. The molecule has 8 heteroatoms. The number of aliphatic hydroxyl groups is 1. The predicted octanol–water partition coefficient (Wildman–Crippen LogP) is 1.49. The zero-order valence-corrected chi connectivity index (χ0v) is 12.7. The van der Waals surface area contributed by atoms with Crippen LogP contribution in [0.2, 0.25) is 0 Å². The van der Waals surface area contributed by atoms with E-state index in [2.05, 4.69) is 21.2 Å². The van der Waals surface area contributed by atoms with Gasteiger partial charge in [-0.2, -0.15) is 0 Å². The fourth-order valence-corrected chi connectivity index (χ4v) is 2.62. The standard InChI is InChI=1S/C11H15BrN2O4S/c1-14(5-7-4-9(12)19-6-7)11(18)13-8(2-3-15)10(16)17/h4,6,8,15H,2-3,5H2,1H3,(H,13,18)(H,16,17). The summed E-state index contributed by atoms with van der Waals surface area (Å²) in [5.74, 6) is -1.16. The zero-order chi connectivity index (χ0) is 14.4. The van der Waals surface area contributed by atoms with Gasteiger partial charge in [0.25, 0.3) is 0 Å². The normalized spacial score (nSPS) is 11.9.